The minimum atomic E-state index is -0.777. The van der Waals surface area contributed by atoms with Gasteiger partial charge in [0.15, 0.2) is 5.65 Å². The van der Waals surface area contributed by atoms with Crippen LogP contribution in [0, 0.1) is 11.6 Å². The Kier molecular flexibility index (Phi) is 4.81. The van der Waals surface area contributed by atoms with Crippen LogP contribution in [-0.4, -0.2) is 45.0 Å². The average Bonchev–Trinajstić information content (AvgIpc) is 3.09. The zero-order valence-corrected chi connectivity index (χ0v) is 14.6. The first kappa shape index (κ1) is 17.5. The van der Waals surface area contributed by atoms with E-state index in [0.717, 1.165) is 49.5 Å². The van der Waals surface area contributed by atoms with E-state index >= 15 is 0 Å². The predicted molar refractivity (Wildman–Crippen MR) is 96.4 cm³/mol. The van der Waals surface area contributed by atoms with Gasteiger partial charge in [-0.15, -0.1) is 10.2 Å². The number of carbonyl (C=O) groups is 1. The van der Waals surface area contributed by atoms with E-state index < -0.39 is 11.6 Å². The maximum atomic E-state index is 13.6. The summed E-state index contributed by atoms with van der Waals surface area (Å²) in [5.41, 5.74) is 0.821. The first-order chi connectivity index (χ1) is 13.1. The molecular formula is C19H19F2N5O. The quantitative estimate of drug-likeness (QED) is 0.766. The van der Waals surface area contributed by atoms with Crippen LogP contribution in [0.4, 0.5) is 14.5 Å². The topological polar surface area (TPSA) is 62.5 Å². The van der Waals surface area contributed by atoms with Crippen LogP contribution in [0.1, 0.15) is 24.6 Å². The Bertz CT molecular complexity index is 966. The average molecular weight is 371 g/mol. The van der Waals surface area contributed by atoms with E-state index in [1.54, 1.807) is 0 Å². The van der Waals surface area contributed by atoms with Crippen molar-refractivity contribution in [3.8, 4) is 0 Å². The molecule has 4 rings (SSSR count). The maximum Gasteiger partial charge on any atom is 0.238 e. The van der Waals surface area contributed by atoms with Crippen molar-refractivity contribution < 1.29 is 13.6 Å². The molecule has 140 valence electrons. The fourth-order valence-electron chi connectivity index (χ4n) is 3.47. The smallest absolute Gasteiger partial charge is 0.238 e. The van der Waals surface area contributed by atoms with Gasteiger partial charge in [0.2, 0.25) is 5.91 Å². The Labute approximate surface area is 154 Å². The summed E-state index contributed by atoms with van der Waals surface area (Å²) in [5.74, 6) is -0.527. The van der Waals surface area contributed by atoms with Gasteiger partial charge in [0, 0.05) is 18.2 Å². The standard InChI is InChI=1S/C19H19F2N5O/c20-14-4-5-16(15(21)11-14)22-18(27)12-25-9-6-13(7-10-25)19-24-23-17-3-1-2-8-26(17)19/h1-5,8,11,13H,6-7,9-10,12H2,(H,22,27). The molecule has 3 heterocycles. The molecule has 2 aromatic heterocycles. The van der Waals surface area contributed by atoms with Crippen molar-refractivity contribution in [2.24, 2.45) is 0 Å². The summed E-state index contributed by atoms with van der Waals surface area (Å²) in [6.45, 7) is 1.65. The van der Waals surface area contributed by atoms with Crippen molar-refractivity contribution in [3.05, 3.63) is 60.1 Å². The van der Waals surface area contributed by atoms with Crippen molar-refractivity contribution >= 4 is 17.2 Å². The lowest BCUT2D eigenvalue weighted by atomic mass is 9.96. The van der Waals surface area contributed by atoms with Crippen LogP contribution in [0.25, 0.3) is 5.65 Å². The number of aromatic nitrogens is 3. The van der Waals surface area contributed by atoms with Crippen molar-refractivity contribution in [2.45, 2.75) is 18.8 Å². The Hall–Kier alpha value is -2.87. The summed E-state index contributed by atoms with van der Waals surface area (Å²) >= 11 is 0. The zero-order chi connectivity index (χ0) is 18.8. The van der Waals surface area contributed by atoms with E-state index in [4.69, 9.17) is 0 Å². The SMILES string of the molecule is O=C(CN1CCC(c2nnc3ccccn23)CC1)Nc1ccc(F)cc1F. The Balaban J connectivity index is 1.33. The second-order valence-corrected chi connectivity index (χ2v) is 6.71. The molecule has 0 bridgehead atoms. The highest BCUT2D eigenvalue weighted by atomic mass is 19.1. The van der Waals surface area contributed by atoms with Crippen LogP contribution in [0.2, 0.25) is 0 Å². The van der Waals surface area contributed by atoms with Crippen LogP contribution in [-0.2, 0) is 4.79 Å². The molecule has 0 saturated carbocycles. The Morgan fingerprint density at radius 2 is 1.96 bits per heavy atom. The van der Waals surface area contributed by atoms with Crippen molar-refractivity contribution in [2.75, 3.05) is 25.0 Å². The number of hydrogen-bond acceptors (Lipinski definition) is 4. The molecule has 0 atom stereocenters. The van der Waals surface area contributed by atoms with E-state index in [1.165, 1.54) is 6.07 Å². The van der Waals surface area contributed by atoms with E-state index in [9.17, 15) is 13.6 Å². The van der Waals surface area contributed by atoms with Gasteiger partial charge in [-0.2, -0.15) is 0 Å². The molecule has 0 unspecified atom stereocenters. The molecule has 0 radical (unpaired) electrons. The van der Waals surface area contributed by atoms with Crippen LogP contribution in [0.15, 0.2) is 42.6 Å². The number of benzene rings is 1. The summed E-state index contributed by atoms with van der Waals surface area (Å²) in [5, 5.41) is 11.0. The normalized spacial score (nSPS) is 15.9. The number of halogens is 2. The number of nitrogens with zero attached hydrogens (tertiary/aromatic N) is 4. The second kappa shape index (κ2) is 7.40. The van der Waals surface area contributed by atoms with Gasteiger partial charge in [-0.1, -0.05) is 6.07 Å². The van der Waals surface area contributed by atoms with Crippen molar-refractivity contribution in [1.82, 2.24) is 19.5 Å². The van der Waals surface area contributed by atoms with Crippen molar-refractivity contribution in [1.29, 1.82) is 0 Å². The van der Waals surface area contributed by atoms with E-state index in [1.807, 2.05) is 33.7 Å². The number of pyridine rings is 1. The molecule has 1 aliphatic rings. The molecular weight excluding hydrogens is 352 g/mol. The Morgan fingerprint density at radius 1 is 1.15 bits per heavy atom. The molecule has 0 aliphatic carbocycles. The largest absolute Gasteiger partial charge is 0.322 e. The fourth-order valence-corrected chi connectivity index (χ4v) is 3.47. The van der Waals surface area contributed by atoms with Gasteiger partial charge in [0.1, 0.15) is 17.5 Å². The van der Waals surface area contributed by atoms with Crippen LogP contribution in [0.5, 0.6) is 0 Å². The highest BCUT2D eigenvalue weighted by Gasteiger charge is 2.25. The maximum absolute atomic E-state index is 13.6. The van der Waals surface area contributed by atoms with E-state index in [-0.39, 0.29) is 24.1 Å². The van der Waals surface area contributed by atoms with Gasteiger partial charge in [-0.3, -0.25) is 14.1 Å². The van der Waals surface area contributed by atoms with E-state index in [2.05, 4.69) is 15.5 Å². The van der Waals surface area contributed by atoms with Crippen LogP contribution < -0.4 is 5.32 Å². The number of rotatable bonds is 4. The van der Waals surface area contributed by atoms with Gasteiger partial charge in [0.05, 0.1) is 12.2 Å². The third-order valence-electron chi connectivity index (χ3n) is 4.87. The lowest BCUT2D eigenvalue weighted by Gasteiger charge is -2.30. The van der Waals surface area contributed by atoms with E-state index in [0.29, 0.717) is 0 Å². The van der Waals surface area contributed by atoms with Gasteiger partial charge in [-0.05, 0) is 50.2 Å². The first-order valence-electron chi connectivity index (χ1n) is 8.87. The van der Waals surface area contributed by atoms with Crippen LogP contribution >= 0.6 is 0 Å². The third-order valence-corrected chi connectivity index (χ3v) is 4.87. The lowest BCUT2D eigenvalue weighted by Crippen LogP contribution is -2.39. The third kappa shape index (κ3) is 3.80. The fraction of sp³-hybridized carbons (Fsp3) is 0.316. The number of piperidine rings is 1. The predicted octanol–water partition coefficient (Wildman–Crippen LogP) is 2.83. The molecule has 3 aromatic rings. The number of nitrogens with one attached hydrogen (secondary N) is 1. The molecule has 1 amide bonds. The van der Waals surface area contributed by atoms with Gasteiger partial charge < -0.3 is 5.32 Å². The lowest BCUT2D eigenvalue weighted by molar-refractivity contribution is -0.117. The molecule has 0 spiro atoms. The molecule has 27 heavy (non-hydrogen) atoms. The summed E-state index contributed by atoms with van der Waals surface area (Å²) in [6.07, 6.45) is 3.70. The highest BCUT2D eigenvalue weighted by molar-refractivity contribution is 5.92. The number of anilines is 1. The highest BCUT2D eigenvalue weighted by Crippen LogP contribution is 2.27. The summed E-state index contributed by atoms with van der Waals surface area (Å²) in [7, 11) is 0. The first-order valence-corrected chi connectivity index (χ1v) is 8.87. The second-order valence-electron chi connectivity index (χ2n) is 6.71. The number of amides is 1. The monoisotopic (exact) mass is 371 g/mol. The minimum Gasteiger partial charge on any atom is -0.322 e. The van der Waals surface area contributed by atoms with Gasteiger partial charge in [-0.25, -0.2) is 8.78 Å². The minimum absolute atomic E-state index is 0.00813. The zero-order valence-electron chi connectivity index (χ0n) is 14.6. The summed E-state index contributed by atoms with van der Waals surface area (Å²) in [4.78, 5) is 14.2. The molecule has 6 nitrogen and oxygen atoms in total. The number of likely N-dealkylation sites (tertiary alicyclic amines) is 1. The number of carbonyl (C=O) groups excluding carboxylic acids is 1. The molecule has 1 aromatic carbocycles. The molecule has 1 fully saturated rings. The number of fused-ring (bicyclic) bond motifs is 1. The van der Waals surface area contributed by atoms with Gasteiger partial charge in [0.25, 0.3) is 0 Å². The Morgan fingerprint density at radius 3 is 2.74 bits per heavy atom. The molecule has 1 saturated heterocycles. The van der Waals surface area contributed by atoms with Gasteiger partial charge >= 0.3 is 0 Å². The summed E-state index contributed by atoms with van der Waals surface area (Å²) in [6, 6.07) is 8.90. The van der Waals surface area contributed by atoms with Crippen molar-refractivity contribution in [3.63, 3.8) is 0 Å². The molecule has 8 heteroatoms. The molecule has 1 N–H and O–H groups in total. The molecule has 1 aliphatic heterocycles. The summed E-state index contributed by atoms with van der Waals surface area (Å²) < 4.78 is 28.6. The number of hydrogen-bond donors (Lipinski definition) is 1. The van der Waals surface area contributed by atoms with Crippen LogP contribution in [0.3, 0.4) is 0 Å².